The molecule has 0 saturated carbocycles. The molecule has 24 heavy (non-hydrogen) atoms. The van der Waals surface area contributed by atoms with Gasteiger partial charge in [0.05, 0.1) is 16.9 Å². The average Bonchev–Trinajstić information content (AvgIpc) is 2.62. The Morgan fingerprint density at radius 1 is 0.875 bits per heavy atom. The van der Waals surface area contributed by atoms with E-state index < -0.39 is 5.97 Å². The minimum Gasteiger partial charge on any atom is -0.478 e. The van der Waals surface area contributed by atoms with Crippen LogP contribution in [0.3, 0.4) is 0 Å². The summed E-state index contributed by atoms with van der Waals surface area (Å²) in [6, 6.07) is 21.5. The van der Waals surface area contributed by atoms with Crippen LogP contribution in [0.1, 0.15) is 10.4 Å². The van der Waals surface area contributed by atoms with Crippen LogP contribution in [-0.2, 0) is 0 Å². The maximum atomic E-state index is 11.5. The highest BCUT2D eigenvalue weighted by atomic mass is 16.4. The summed E-state index contributed by atoms with van der Waals surface area (Å²) in [5.41, 5.74) is 11.0. The van der Waals surface area contributed by atoms with Crippen LogP contribution in [0.2, 0.25) is 0 Å². The molecular weight excluding hydrogens is 300 g/mol. The van der Waals surface area contributed by atoms with Gasteiger partial charge < -0.3 is 16.2 Å². The lowest BCUT2D eigenvalue weighted by molar-refractivity contribution is 0.0698. The van der Waals surface area contributed by atoms with Gasteiger partial charge in [0.15, 0.2) is 0 Å². The molecule has 3 rings (SSSR count). The molecule has 4 N–H and O–H groups in total. The van der Waals surface area contributed by atoms with Gasteiger partial charge in [-0.15, -0.1) is 0 Å². The lowest BCUT2D eigenvalue weighted by atomic mass is 9.97. The molecule has 3 aromatic carbocycles. The third-order valence-corrected chi connectivity index (χ3v) is 3.97. The van der Waals surface area contributed by atoms with E-state index in [1.807, 2.05) is 42.5 Å². The van der Waals surface area contributed by atoms with E-state index in [1.54, 1.807) is 19.2 Å². The number of carbonyl (C=O) groups is 1. The fourth-order valence-corrected chi connectivity index (χ4v) is 2.76. The van der Waals surface area contributed by atoms with E-state index in [0.29, 0.717) is 11.4 Å². The Hall–Kier alpha value is -3.27. The second-order valence-electron chi connectivity index (χ2n) is 5.49. The van der Waals surface area contributed by atoms with Crippen molar-refractivity contribution in [3.05, 3.63) is 72.3 Å². The van der Waals surface area contributed by atoms with Gasteiger partial charge in [0.2, 0.25) is 0 Å². The number of nitrogens with one attached hydrogen (secondary N) is 1. The number of carboxylic acid groups (broad SMARTS) is 1. The number of aromatic carboxylic acids is 1. The number of nitrogen functional groups attached to an aromatic ring is 1. The van der Waals surface area contributed by atoms with Crippen molar-refractivity contribution in [1.82, 2.24) is 0 Å². The Balaban J connectivity index is 2.02. The molecule has 0 bridgehead atoms. The summed E-state index contributed by atoms with van der Waals surface area (Å²) in [6.45, 7) is 0. The van der Waals surface area contributed by atoms with Crippen LogP contribution in [0.25, 0.3) is 22.3 Å². The average molecular weight is 318 g/mol. The summed E-state index contributed by atoms with van der Waals surface area (Å²) in [7, 11) is 1.66. The lowest BCUT2D eigenvalue weighted by Gasteiger charge is -2.12. The molecule has 4 heteroatoms. The number of rotatable bonds is 4. The predicted molar refractivity (Wildman–Crippen MR) is 98.2 cm³/mol. The maximum Gasteiger partial charge on any atom is 0.337 e. The zero-order valence-electron chi connectivity index (χ0n) is 13.3. The lowest BCUT2D eigenvalue weighted by Crippen LogP contribution is -2.06. The van der Waals surface area contributed by atoms with Crippen molar-refractivity contribution in [2.45, 2.75) is 0 Å². The van der Waals surface area contributed by atoms with Crippen LogP contribution in [0.4, 0.5) is 11.4 Å². The van der Waals surface area contributed by atoms with Crippen LogP contribution in [0.5, 0.6) is 0 Å². The molecular formula is C20H18N2O2. The van der Waals surface area contributed by atoms with Gasteiger partial charge in [0.1, 0.15) is 0 Å². The molecule has 0 spiro atoms. The van der Waals surface area contributed by atoms with E-state index in [4.69, 9.17) is 5.73 Å². The number of benzene rings is 3. The van der Waals surface area contributed by atoms with Gasteiger partial charge in [-0.05, 0) is 34.4 Å². The van der Waals surface area contributed by atoms with Gasteiger partial charge >= 0.3 is 5.97 Å². The highest BCUT2D eigenvalue weighted by Gasteiger charge is 2.14. The second kappa shape index (κ2) is 6.46. The highest BCUT2D eigenvalue weighted by Crippen LogP contribution is 2.32. The van der Waals surface area contributed by atoms with Crippen LogP contribution in [0.15, 0.2) is 66.7 Å². The largest absolute Gasteiger partial charge is 0.478 e. The summed E-state index contributed by atoms with van der Waals surface area (Å²) in [6.07, 6.45) is 0. The van der Waals surface area contributed by atoms with Gasteiger partial charge in [0.25, 0.3) is 0 Å². The Labute approximate surface area is 140 Å². The molecule has 120 valence electrons. The number of nitrogens with two attached hydrogens (primary N) is 1. The predicted octanol–water partition coefficient (Wildman–Crippen LogP) is 4.34. The topological polar surface area (TPSA) is 75.3 Å². The molecule has 3 aromatic rings. The minimum absolute atomic E-state index is 0.166. The Kier molecular flexibility index (Phi) is 4.20. The van der Waals surface area contributed by atoms with Crippen molar-refractivity contribution in [2.24, 2.45) is 0 Å². The van der Waals surface area contributed by atoms with Crippen LogP contribution in [-0.4, -0.2) is 18.1 Å². The second-order valence-corrected chi connectivity index (χ2v) is 5.49. The van der Waals surface area contributed by atoms with E-state index in [1.165, 1.54) is 0 Å². The molecule has 0 fully saturated rings. The van der Waals surface area contributed by atoms with Crippen molar-refractivity contribution in [3.8, 4) is 22.3 Å². The fraction of sp³-hybridized carbons (Fsp3) is 0.0500. The molecule has 0 aliphatic rings. The molecule has 0 aliphatic carbocycles. The first kappa shape index (κ1) is 15.6. The standard InChI is InChI=1S/C20H18N2O2/c1-22-19-17(20(23)24)11-16(12-18(19)21)15-9-7-14(8-10-15)13-5-3-2-4-6-13/h2-12,22H,21H2,1H3,(H,23,24). The first-order valence-corrected chi connectivity index (χ1v) is 7.60. The summed E-state index contributed by atoms with van der Waals surface area (Å²) in [5, 5.41) is 12.2. The summed E-state index contributed by atoms with van der Waals surface area (Å²) in [5.74, 6) is -1.01. The van der Waals surface area contributed by atoms with Gasteiger partial charge in [-0.2, -0.15) is 0 Å². The third-order valence-electron chi connectivity index (χ3n) is 3.97. The molecule has 0 atom stereocenters. The molecule has 0 aromatic heterocycles. The fourth-order valence-electron chi connectivity index (χ4n) is 2.76. The highest BCUT2D eigenvalue weighted by molar-refractivity contribution is 5.99. The van der Waals surface area contributed by atoms with Crippen molar-refractivity contribution in [1.29, 1.82) is 0 Å². The molecule has 0 saturated heterocycles. The molecule has 4 nitrogen and oxygen atoms in total. The maximum absolute atomic E-state index is 11.5. The molecule has 0 unspecified atom stereocenters. The van der Waals surface area contributed by atoms with Crippen molar-refractivity contribution in [3.63, 3.8) is 0 Å². The zero-order valence-corrected chi connectivity index (χ0v) is 13.3. The Morgan fingerprint density at radius 3 is 1.96 bits per heavy atom. The Bertz CT molecular complexity index is 872. The molecule has 0 radical (unpaired) electrons. The number of carboxylic acids is 1. The molecule has 0 heterocycles. The van der Waals surface area contributed by atoms with Crippen molar-refractivity contribution >= 4 is 17.3 Å². The van der Waals surface area contributed by atoms with Crippen molar-refractivity contribution < 1.29 is 9.90 Å². The summed E-state index contributed by atoms with van der Waals surface area (Å²) in [4.78, 5) is 11.5. The van der Waals surface area contributed by atoms with E-state index in [0.717, 1.165) is 22.3 Å². The van der Waals surface area contributed by atoms with E-state index in [9.17, 15) is 9.90 Å². The first-order chi connectivity index (χ1) is 11.6. The monoisotopic (exact) mass is 318 g/mol. The molecule has 0 aliphatic heterocycles. The van der Waals surface area contributed by atoms with Crippen LogP contribution < -0.4 is 11.1 Å². The SMILES string of the molecule is CNc1c(N)cc(-c2ccc(-c3ccccc3)cc2)cc1C(=O)O. The quantitative estimate of drug-likeness (QED) is 0.625. The summed E-state index contributed by atoms with van der Waals surface area (Å²) < 4.78 is 0. The Morgan fingerprint density at radius 2 is 1.42 bits per heavy atom. The van der Waals surface area contributed by atoms with Gasteiger partial charge in [-0.3, -0.25) is 0 Å². The van der Waals surface area contributed by atoms with E-state index in [-0.39, 0.29) is 5.56 Å². The number of anilines is 2. The third kappa shape index (κ3) is 2.94. The smallest absolute Gasteiger partial charge is 0.337 e. The first-order valence-electron chi connectivity index (χ1n) is 7.60. The summed E-state index contributed by atoms with van der Waals surface area (Å²) >= 11 is 0. The number of hydrogen-bond acceptors (Lipinski definition) is 3. The van der Waals surface area contributed by atoms with Crippen LogP contribution in [0, 0.1) is 0 Å². The van der Waals surface area contributed by atoms with Gasteiger partial charge in [-0.1, -0.05) is 54.6 Å². The number of hydrogen-bond donors (Lipinski definition) is 3. The molecule has 0 amide bonds. The van der Waals surface area contributed by atoms with Gasteiger partial charge in [-0.25, -0.2) is 4.79 Å². The zero-order chi connectivity index (χ0) is 17.1. The van der Waals surface area contributed by atoms with E-state index in [2.05, 4.69) is 17.4 Å². The van der Waals surface area contributed by atoms with E-state index >= 15 is 0 Å². The van der Waals surface area contributed by atoms with Crippen molar-refractivity contribution in [2.75, 3.05) is 18.1 Å². The normalized spacial score (nSPS) is 10.4. The van der Waals surface area contributed by atoms with Crippen LogP contribution >= 0.6 is 0 Å². The minimum atomic E-state index is -1.01. The van der Waals surface area contributed by atoms with Gasteiger partial charge in [0, 0.05) is 7.05 Å².